The molecule has 27 heavy (non-hydrogen) atoms. The molecule has 2 rings (SSSR count). The van der Waals surface area contributed by atoms with Crippen molar-refractivity contribution in [2.24, 2.45) is 0 Å². The van der Waals surface area contributed by atoms with Gasteiger partial charge < -0.3 is 10.1 Å². The maximum Gasteiger partial charge on any atom is 0.573 e. The molecule has 0 fully saturated rings. The van der Waals surface area contributed by atoms with Crippen LogP contribution in [0.15, 0.2) is 21.1 Å². The molecule has 140 valence electrons. The third kappa shape index (κ3) is 4.74. The highest BCUT2D eigenvalue weighted by Gasteiger charge is 2.31. The van der Waals surface area contributed by atoms with Gasteiger partial charge in [-0.05, 0) is 44.0 Å². The molecule has 0 aliphatic heterocycles. The Morgan fingerprint density at radius 3 is 1.85 bits per heavy atom. The highest BCUT2D eigenvalue weighted by atomic mass is 79.9. The molecule has 2 aromatic carbocycles. The molecule has 2 aromatic rings. The lowest BCUT2D eigenvalue weighted by atomic mass is 10.1. The number of hydrogen-bond acceptors (Lipinski definition) is 4. The molecule has 0 aromatic heterocycles. The first-order chi connectivity index (χ1) is 12.5. The average molecular weight is 564 g/mol. The predicted molar refractivity (Wildman–Crippen MR) is 103 cm³/mol. The van der Waals surface area contributed by atoms with Crippen LogP contribution in [0.5, 0.6) is 5.75 Å². The van der Waals surface area contributed by atoms with Crippen molar-refractivity contribution in [1.29, 1.82) is 10.5 Å². The van der Waals surface area contributed by atoms with Crippen LogP contribution < -0.4 is 10.1 Å². The van der Waals surface area contributed by atoms with Crippen molar-refractivity contribution in [2.45, 2.75) is 6.36 Å². The summed E-state index contributed by atoms with van der Waals surface area (Å²) in [5.74, 6) is -0.478. The maximum absolute atomic E-state index is 12.4. The summed E-state index contributed by atoms with van der Waals surface area (Å²) in [6.07, 6.45) is -4.86. The maximum atomic E-state index is 12.4. The second-order valence-corrected chi connectivity index (χ2v) is 7.57. The average Bonchev–Trinajstić information content (AvgIpc) is 2.54. The first-order valence-electron chi connectivity index (χ1n) is 6.52. The van der Waals surface area contributed by atoms with Crippen LogP contribution in [0.4, 0.5) is 24.5 Å². The standard InChI is InChI=1S/C15H3Br2Cl3F3N3O/c16-8-1-5(27-15(21,22)23)2-9(17)14(8)26-13-7(4-25)10(18)6(3-24)11(19)12(13)20/h1-2,26H. The smallest absolute Gasteiger partial charge is 0.406 e. The van der Waals surface area contributed by atoms with E-state index in [0.717, 1.165) is 12.1 Å². The lowest BCUT2D eigenvalue weighted by Gasteiger charge is -2.17. The normalized spacial score (nSPS) is 10.9. The van der Waals surface area contributed by atoms with E-state index < -0.39 is 12.1 Å². The van der Waals surface area contributed by atoms with E-state index in [-0.39, 0.29) is 46.5 Å². The van der Waals surface area contributed by atoms with Gasteiger partial charge in [0.1, 0.15) is 17.9 Å². The quantitative estimate of drug-likeness (QED) is 0.391. The van der Waals surface area contributed by atoms with Gasteiger partial charge in [-0.15, -0.1) is 13.2 Å². The molecule has 0 heterocycles. The largest absolute Gasteiger partial charge is 0.573 e. The summed E-state index contributed by atoms with van der Waals surface area (Å²) in [7, 11) is 0. The van der Waals surface area contributed by atoms with Crippen LogP contribution in [-0.2, 0) is 0 Å². The van der Waals surface area contributed by atoms with Gasteiger partial charge in [-0.1, -0.05) is 34.8 Å². The minimum Gasteiger partial charge on any atom is -0.406 e. The molecule has 0 unspecified atom stereocenters. The van der Waals surface area contributed by atoms with E-state index in [0.29, 0.717) is 0 Å². The zero-order valence-electron chi connectivity index (χ0n) is 12.5. The summed E-state index contributed by atoms with van der Waals surface area (Å²) >= 11 is 24.4. The van der Waals surface area contributed by atoms with Gasteiger partial charge in [-0.25, -0.2) is 0 Å². The van der Waals surface area contributed by atoms with E-state index in [1.54, 1.807) is 6.07 Å². The van der Waals surface area contributed by atoms with E-state index in [1.165, 1.54) is 0 Å². The van der Waals surface area contributed by atoms with E-state index in [9.17, 15) is 18.4 Å². The number of halogens is 8. The first kappa shape index (κ1) is 21.9. The highest BCUT2D eigenvalue weighted by Crippen LogP contribution is 2.45. The van der Waals surface area contributed by atoms with Crippen molar-refractivity contribution >= 4 is 78.0 Å². The Bertz CT molecular complexity index is 994. The minimum absolute atomic E-state index is 0.0148. The van der Waals surface area contributed by atoms with E-state index in [2.05, 4.69) is 41.9 Å². The monoisotopic (exact) mass is 561 g/mol. The fraction of sp³-hybridized carbons (Fsp3) is 0.0667. The number of alkyl halides is 3. The van der Waals surface area contributed by atoms with Crippen LogP contribution in [0.2, 0.25) is 15.1 Å². The van der Waals surface area contributed by atoms with Crippen LogP contribution in [0.25, 0.3) is 0 Å². The number of ether oxygens (including phenoxy) is 1. The summed E-state index contributed by atoms with van der Waals surface area (Å²) in [4.78, 5) is 0. The van der Waals surface area contributed by atoms with Crippen LogP contribution >= 0.6 is 66.7 Å². The lowest BCUT2D eigenvalue weighted by molar-refractivity contribution is -0.274. The Hall–Kier alpha value is -1.36. The van der Waals surface area contributed by atoms with E-state index >= 15 is 0 Å². The third-order valence-corrected chi connectivity index (χ3v) is 5.52. The Labute approximate surface area is 182 Å². The second kappa shape index (κ2) is 8.34. The van der Waals surface area contributed by atoms with Crippen molar-refractivity contribution in [2.75, 3.05) is 5.32 Å². The summed E-state index contributed by atoms with van der Waals surface area (Å²) < 4.78 is 41.3. The van der Waals surface area contributed by atoms with Gasteiger partial charge >= 0.3 is 6.36 Å². The Kier molecular flexibility index (Phi) is 6.77. The molecule has 0 bridgehead atoms. The molecule has 0 amide bonds. The molecule has 0 radical (unpaired) electrons. The van der Waals surface area contributed by atoms with Crippen molar-refractivity contribution in [3.05, 3.63) is 47.3 Å². The van der Waals surface area contributed by atoms with Gasteiger partial charge in [-0.2, -0.15) is 10.5 Å². The molecule has 4 nitrogen and oxygen atoms in total. The van der Waals surface area contributed by atoms with Crippen molar-refractivity contribution < 1.29 is 17.9 Å². The summed E-state index contributed by atoms with van der Waals surface area (Å²) in [5.41, 5.74) is -0.117. The number of hydrogen-bond donors (Lipinski definition) is 1. The first-order valence-corrected chi connectivity index (χ1v) is 9.24. The van der Waals surface area contributed by atoms with Gasteiger partial charge in [0.05, 0.1) is 37.6 Å². The van der Waals surface area contributed by atoms with E-state index in [4.69, 9.17) is 40.1 Å². The van der Waals surface area contributed by atoms with Crippen LogP contribution in [0.1, 0.15) is 11.1 Å². The zero-order valence-corrected chi connectivity index (χ0v) is 17.9. The number of benzene rings is 2. The third-order valence-electron chi connectivity index (χ3n) is 3.04. The van der Waals surface area contributed by atoms with Gasteiger partial charge in [-0.3, -0.25) is 0 Å². The molecule has 0 saturated carbocycles. The molecular formula is C15H3Br2Cl3F3N3O. The number of anilines is 2. The summed E-state index contributed by atoms with van der Waals surface area (Å²) in [6.45, 7) is 0. The molecule has 12 heteroatoms. The number of nitrogens with zero attached hydrogens (tertiary/aromatic N) is 2. The molecule has 0 atom stereocenters. The number of nitrogens with one attached hydrogen (secondary N) is 1. The topological polar surface area (TPSA) is 68.8 Å². The van der Waals surface area contributed by atoms with Gasteiger partial charge in [0.2, 0.25) is 0 Å². The van der Waals surface area contributed by atoms with Crippen molar-refractivity contribution in [3.8, 4) is 17.9 Å². The van der Waals surface area contributed by atoms with Gasteiger partial charge in [0, 0.05) is 8.95 Å². The van der Waals surface area contributed by atoms with Crippen molar-refractivity contribution in [3.63, 3.8) is 0 Å². The number of nitriles is 2. The van der Waals surface area contributed by atoms with Gasteiger partial charge in [0.25, 0.3) is 0 Å². The lowest BCUT2D eigenvalue weighted by Crippen LogP contribution is -2.17. The van der Waals surface area contributed by atoms with Crippen molar-refractivity contribution in [1.82, 2.24) is 0 Å². The summed E-state index contributed by atoms with van der Waals surface area (Å²) in [5, 5.41) is 20.7. The highest BCUT2D eigenvalue weighted by molar-refractivity contribution is 9.11. The molecular weight excluding hydrogens is 561 g/mol. The van der Waals surface area contributed by atoms with Crippen LogP contribution in [-0.4, -0.2) is 6.36 Å². The summed E-state index contributed by atoms with van der Waals surface area (Å²) in [6, 6.07) is 5.69. The van der Waals surface area contributed by atoms with Gasteiger partial charge in [0.15, 0.2) is 0 Å². The SMILES string of the molecule is N#Cc1c(Cl)c(Cl)c(Nc2c(Br)cc(OC(F)(F)F)cc2Br)c(C#N)c1Cl. The minimum atomic E-state index is -4.86. The Balaban J connectivity index is 2.59. The molecule has 0 spiro atoms. The molecule has 0 aliphatic rings. The Morgan fingerprint density at radius 2 is 1.41 bits per heavy atom. The zero-order chi connectivity index (χ0) is 20.5. The predicted octanol–water partition coefficient (Wildman–Crippen LogP) is 7.56. The molecule has 0 saturated heterocycles. The number of rotatable bonds is 3. The molecule has 0 aliphatic carbocycles. The fourth-order valence-corrected chi connectivity index (χ4v) is 4.10. The van der Waals surface area contributed by atoms with Crippen LogP contribution in [0.3, 0.4) is 0 Å². The fourth-order valence-electron chi connectivity index (χ4n) is 1.97. The second-order valence-electron chi connectivity index (χ2n) is 4.73. The Morgan fingerprint density at radius 1 is 0.889 bits per heavy atom. The van der Waals surface area contributed by atoms with Crippen LogP contribution in [0, 0.1) is 22.7 Å². The van der Waals surface area contributed by atoms with E-state index in [1.807, 2.05) is 6.07 Å². The molecule has 1 N–H and O–H groups in total.